The first kappa shape index (κ1) is 16.3. The van der Waals surface area contributed by atoms with Crippen molar-refractivity contribution in [1.29, 1.82) is 0 Å². The molecule has 0 saturated carbocycles. The molecule has 0 N–H and O–H groups in total. The second-order valence-corrected chi connectivity index (χ2v) is 6.61. The van der Waals surface area contributed by atoms with Crippen molar-refractivity contribution >= 4 is 22.4 Å². The van der Waals surface area contributed by atoms with E-state index in [1.165, 1.54) is 0 Å². The maximum absolute atomic E-state index is 13.1. The van der Waals surface area contributed by atoms with Crippen molar-refractivity contribution in [3.8, 4) is 5.75 Å². The van der Waals surface area contributed by atoms with Crippen LogP contribution in [0.5, 0.6) is 5.75 Å². The van der Waals surface area contributed by atoms with Gasteiger partial charge in [0.1, 0.15) is 12.4 Å². The number of nitrogens with zero attached hydrogens (tertiary/aromatic N) is 1. The molecule has 3 aromatic carbocycles. The minimum absolute atomic E-state index is 0.178. The molecule has 0 aromatic heterocycles. The topological polar surface area (TPSA) is 48.0 Å². The molecule has 27 heavy (non-hydrogen) atoms. The molecule has 1 amide bonds. The van der Waals surface area contributed by atoms with E-state index in [2.05, 4.69) is 12.1 Å². The van der Waals surface area contributed by atoms with E-state index >= 15 is 0 Å². The number of para-hydroxylation sites is 1. The molecule has 0 unspecified atom stereocenters. The number of hydrogen-bond donors (Lipinski definition) is 0. The van der Waals surface area contributed by atoms with E-state index in [-0.39, 0.29) is 5.91 Å². The predicted molar refractivity (Wildman–Crippen MR) is 102 cm³/mol. The van der Waals surface area contributed by atoms with E-state index in [9.17, 15) is 4.79 Å². The summed E-state index contributed by atoms with van der Waals surface area (Å²) in [4.78, 5) is 14.8. The Hall–Kier alpha value is -2.89. The van der Waals surface area contributed by atoms with Gasteiger partial charge in [0.2, 0.25) is 0 Å². The molecular weight excluding hydrogens is 342 g/mol. The third-order valence-electron chi connectivity index (χ3n) is 5.09. The summed E-state index contributed by atoms with van der Waals surface area (Å²) < 4.78 is 17.5. The van der Waals surface area contributed by atoms with Crippen LogP contribution in [-0.2, 0) is 20.1 Å². The highest BCUT2D eigenvalue weighted by Gasteiger charge is 2.55. The number of rotatable bonds is 4. The number of ether oxygens (including phenoxy) is 3. The van der Waals surface area contributed by atoms with Crippen molar-refractivity contribution in [1.82, 2.24) is 0 Å². The van der Waals surface area contributed by atoms with Crippen LogP contribution in [0.2, 0.25) is 0 Å². The Bertz CT molecular complexity index is 1000. The van der Waals surface area contributed by atoms with E-state index in [4.69, 9.17) is 14.2 Å². The second-order valence-electron chi connectivity index (χ2n) is 6.61. The largest absolute Gasteiger partial charge is 0.491 e. The van der Waals surface area contributed by atoms with Gasteiger partial charge in [0, 0.05) is 10.9 Å². The monoisotopic (exact) mass is 361 g/mol. The highest BCUT2D eigenvalue weighted by molar-refractivity contribution is 6.06. The van der Waals surface area contributed by atoms with Crippen molar-refractivity contribution in [3.05, 3.63) is 72.3 Å². The molecule has 1 spiro atoms. The fraction of sp³-hybridized carbons (Fsp3) is 0.227. The summed E-state index contributed by atoms with van der Waals surface area (Å²) in [5, 5.41) is 2.19. The zero-order valence-corrected chi connectivity index (χ0v) is 14.8. The first-order chi connectivity index (χ1) is 13.3. The molecule has 1 fully saturated rings. The van der Waals surface area contributed by atoms with Gasteiger partial charge in [-0.15, -0.1) is 0 Å². The van der Waals surface area contributed by atoms with Crippen molar-refractivity contribution < 1.29 is 19.0 Å². The summed E-state index contributed by atoms with van der Waals surface area (Å²) in [6.07, 6.45) is 0. The van der Waals surface area contributed by atoms with Crippen molar-refractivity contribution in [3.63, 3.8) is 0 Å². The summed E-state index contributed by atoms with van der Waals surface area (Å²) >= 11 is 0. The van der Waals surface area contributed by atoms with Gasteiger partial charge in [-0.25, -0.2) is 0 Å². The average molecular weight is 361 g/mol. The molecule has 136 valence electrons. The Morgan fingerprint density at radius 2 is 1.67 bits per heavy atom. The van der Waals surface area contributed by atoms with E-state index in [0.717, 1.165) is 27.8 Å². The summed E-state index contributed by atoms with van der Waals surface area (Å²) in [6.45, 7) is 1.64. The molecule has 2 heterocycles. The standard InChI is InChI=1S/C22H19NO4/c24-21-22(26-14-15-27-22)18-9-3-4-10-19(18)23(21)12-13-25-20-11-5-7-16-6-1-2-8-17(16)20/h1-11H,12-15H2. The molecule has 2 aliphatic heterocycles. The SMILES string of the molecule is O=C1N(CCOc2cccc3ccccc23)c2ccccc2C12OCCO2. The minimum atomic E-state index is -1.28. The van der Waals surface area contributed by atoms with Gasteiger partial charge in [-0.2, -0.15) is 0 Å². The number of hydrogen-bond acceptors (Lipinski definition) is 4. The number of carbonyl (C=O) groups is 1. The smallest absolute Gasteiger partial charge is 0.292 e. The van der Waals surface area contributed by atoms with Crippen LogP contribution in [0.1, 0.15) is 5.56 Å². The van der Waals surface area contributed by atoms with Gasteiger partial charge in [0.25, 0.3) is 11.7 Å². The third-order valence-corrected chi connectivity index (χ3v) is 5.09. The zero-order valence-electron chi connectivity index (χ0n) is 14.8. The lowest BCUT2D eigenvalue weighted by atomic mass is 10.1. The van der Waals surface area contributed by atoms with Gasteiger partial charge in [-0.1, -0.05) is 54.6 Å². The molecule has 0 aliphatic carbocycles. The van der Waals surface area contributed by atoms with Gasteiger partial charge in [-0.05, 0) is 17.5 Å². The summed E-state index contributed by atoms with van der Waals surface area (Å²) in [5.41, 5.74) is 1.60. The summed E-state index contributed by atoms with van der Waals surface area (Å²) in [6, 6.07) is 21.7. The van der Waals surface area contributed by atoms with Crippen LogP contribution < -0.4 is 9.64 Å². The highest BCUT2D eigenvalue weighted by Crippen LogP contribution is 2.45. The van der Waals surface area contributed by atoms with E-state index < -0.39 is 5.79 Å². The normalized spacial score (nSPS) is 17.6. The Balaban J connectivity index is 1.38. The lowest BCUT2D eigenvalue weighted by Gasteiger charge is -2.22. The molecule has 5 rings (SSSR count). The van der Waals surface area contributed by atoms with Crippen LogP contribution in [0.4, 0.5) is 5.69 Å². The molecule has 2 aliphatic rings. The molecule has 5 heteroatoms. The van der Waals surface area contributed by atoms with Crippen molar-refractivity contribution in [2.45, 2.75) is 5.79 Å². The fourth-order valence-electron chi connectivity index (χ4n) is 3.87. The lowest BCUT2D eigenvalue weighted by Crippen LogP contribution is -2.42. The lowest BCUT2D eigenvalue weighted by molar-refractivity contribution is -0.180. The summed E-state index contributed by atoms with van der Waals surface area (Å²) in [7, 11) is 0. The third kappa shape index (κ3) is 2.51. The van der Waals surface area contributed by atoms with E-state index in [0.29, 0.717) is 26.4 Å². The quantitative estimate of drug-likeness (QED) is 0.714. The average Bonchev–Trinajstić information content (AvgIpc) is 3.29. The first-order valence-electron chi connectivity index (χ1n) is 9.09. The van der Waals surface area contributed by atoms with E-state index in [1.54, 1.807) is 4.90 Å². The second kappa shape index (κ2) is 6.37. The molecular formula is C22H19NO4. The number of amides is 1. The van der Waals surface area contributed by atoms with Gasteiger partial charge in [0.05, 0.1) is 25.4 Å². The zero-order chi connectivity index (χ0) is 18.3. The number of fused-ring (bicyclic) bond motifs is 3. The maximum atomic E-state index is 13.1. The first-order valence-corrected chi connectivity index (χ1v) is 9.09. The van der Waals surface area contributed by atoms with Gasteiger partial charge < -0.3 is 19.1 Å². The van der Waals surface area contributed by atoms with Gasteiger partial charge in [0.15, 0.2) is 0 Å². The van der Waals surface area contributed by atoms with E-state index in [1.807, 2.05) is 54.6 Å². The maximum Gasteiger partial charge on any atom is 0.292 e. The Morgan fingerprint density at radius 3 is 2.56 bits per heavy atom. The fourth-order valence-corrected chi connectivity index (χ4v) is 3.87. The summed E-state index contributed by atoms with van der Waals surface area (Å²) in [5.74, 6) is -0.644. The molecule has 1 saturated heterocycles. The molecule has 0 bridgehead atoms. The highest BCUT2D eigenvalue weighted by atomic mass is 16.7. The van der Waals surface area contributed by atoms with Crippen molar-refractivity contribution in [2.75, 3.05) is 31.3 Å². The predicted octanol–water partition coefficient (Wildman–Crippen LogP) is 3.47. The molecule has 3 aromatic rings. The minimum Gasteiger partial charge on any atom is -0.491 e. The molecule has 5 nitrogen and oxygen atoms in total. The van der Waals surface area contributed by atoms with Crippen LogP contribution in [0.3, 0.4) is 0 Å². The number of carbonyl (C=O) groups excluding carboxylic acids is 1. The number of benzene rings is 3. The van der Waals surface area contributed by atoms with Crippen LogP contribution in [-0.4, -0.2) is 32.3 Å². The van der Waals surface area contributed by atoms with Crippen LogP contribution in [0.15, 0.2) is 66.7 Å². The van der Waals surface area contributed by atoms with Gasteiger partial charge in [-0.3, -0.25) is 4.79 Å². The molecule has 0 atom stereocenters. The Labute approximate surface area is 157 Å². The van der Waals surface area contributed by atoms with Crippen LogP contribution in [0.25, 0.3) is 10.8 Å². The van der Waals surface area contributed by atoms with Crippen LogP contribution >= 0.6 is 0 Å². The van der Waals surface area contributed by atoms with Crippen molar-refractivity contribution in [2.24, 2.45) is 0 Å². The Morgan fingerprint density at radius 1 is 0.926 bits per heavy atom. The van der Waals surface area contributed by atoms with Crippen LogP contribution in [0, 0.1) is 0 Å². The number of anilines is 1. The van der Waals surface area contributed by atoms with Gasteiger partial charge >= 0.3 is 0 Å². The molecule has 0 radical (unpaired) electrons. The Kier molecular flexibility index (Phi) is 3.85.